The fourth-order valence-corrected chi connectivity index (χ4v) is 2.63. The summed E-state index contributed by atoms with van der Waals surface area (Å²) in [6.45, 7) is 5.64. The summed E-state index contributed by atoms with van der Waals surface area (Å²) in [5.41, 5.74) is 2.07. The van der Waals surface area contributed by atoms with Gasteiger partial charge in [-0.2, -0.15) is 0 Å². The van der Waals surface area contributed by atoms with E-state index in [0.29, 0.717) is 23.0 Å². The van der Waals surface area contributed by atoms with Crippen LogP contribution in [0.4, 0.5) is 0 Å². The standard InChI is InChI=1S/C13H15Cl2N2O.BrH/c1-3-16-9(2)17(5-4-6-18)13-8-11(15)10(14)7-12(13)16;/h6-8H,3-5H2,1-2H3;1H/q+1;/p-1. The van der Waals surface area contributed by atoms with E-state index in [1.54, 1.807) is 0 Å². The SMILES string of the molecule is CCn1c(C)[n+](CCC=O)c2cc(Cl)c(Cl)cc21.[Br-]. The lowest BCUT2D eigenvalue weighted by Crippen LogP contribution is -3.00. The maximum absolute atomic E-state index is 10.6. The molecule has 0 unspecified atom stereocenters. The van der Waals surface area contributed by atoms with E-state index in [-0.39, 0.29) is 17.0 Å². The third-order valence-electron chi connectivity index (χ3n) is 3.17. The number of fused-ring (bicyclic) bond motifs is 1. The number of halogens is 3. The highest BCUT2D eigenvalue weighted by Gasteiger charge is 2.21. The van der Waals surface area contributed by atoms with Crippen LogP contribution in [0.5, 0.6) is 0 Å². The number of carbonyl (C=O) groups excluding carboxylic acids is 1. The van der Waals surface area contributed by atoms with Crippen LogP contribution in [0.1, 0.15) is 19.2 Å². The zero-order chi connectivity index (χ0) is 13.3. The normalized spacial score (nSPS) is 10.5. The van der Waals surface area contributed by atoms with Crippen molar-refractivity contribution in [1.29, 1.82) is 0 Å². The van der Waals surface area contributed by atoms with Crippen LogP contribution in [0, 0.1) is 6.92 Å². The molecule has 0 N–H and O–H groups in total. The molecule has 0 amide bonds. The minimum Gasteiger partial charge on any atom is -1.00 e. The molecule has 3 nitrogen and oxygen atoms in total. The van der Waals surface area contributed by atoms with Crippen LogP contribution in [0.3, 0.4) is 0 Å². The molecule has 0 saturated carbocycles. The van der Waals surface area contributed by atoms with Gasteiger partial charge in [0.1, 0.15) is 6.29 Å². The number of aldehydes is 1. The van der Waals surface area contributed by atoms with Gasteiger partial charge in [0.05, 0.1) is 23.1 Å². The first-order chi connectivity index (χ1) is 8.60. The number of aromatic nitrogens is 2. The number of hydrogen-bond acceptors (Lipinski definition) is 1. The summed E-state index contributed by atoms with van der Waals surface area (Å²) in [7, 11) is 0. The largest absolute Gasteiger partial charge is 1.00 e. The Bertz CT molecular complexity index is 610. The van der Waals surface area contributed by atoms with E-state index in [0.717, 1.165) is 29.7 Å². The molecular formula is C13H15BrCl2N2O. The summed E-state index contributed by atoms with van der Waals surface area (Å²) in [5, 5.41) is 1.09. The molecule has 1 aromatic heterocycles. The summed E-state index contributed by atoms with van der Waals surface area (Å²) >= 11 is 12.1. The van der Waals surface area contributed by atoms with Gasteiger partial charge >= 0.3 is 0 Å². The van der Waals surface area contributed by atoms with Crippen LogP contribution in [-0.4, -0.2) is 10.9 Å². The average molecular weight is 366 g/mol. The van der Waals surface area contributed by atoms with E-state index < -0.39 is 0 Å². The summed E-state index contributed by atoms with van der Waals surface area (Å²) in [5.74, 6) is 1.10. The van der Waals surface area contributed by atoms with Crippen molar-refractivity contribution in [2.45, 2.75) is 33.4 Å². The van der Waals surface area contributed by atoms with Crippen molar-refractivity contribution >= 4 is 40.5 Å². The van der Waals surface area contributed by atoms with E-state index in [1.807, 2.05) is 19.1 Å². The second-order valence-corrected chi connectivity index (χ2v) is 4.97. The molecule has 2 aromatic rings. The average Bonchev–Trinajstić information content (AvgIpc) is 2.59. The molecule has 19 heavy (non-hydrogen) atoms. The summed E-state index contributed by atoms with van der Waals surface area (Å²) in [6.07, 6.45) is 1.42. The van der Waals surface area contributed by atoms with Gasteiger partial charge in [-0.1, -0.05) is 23.2 Å². The van der Waals surface area contributed by atoms with Crippen molar-refractivity contribution in [3.8, 4) is 0 Å². The molecule has 0 aliphatic heterocycles. The van der Waals surface area contributed by atoms with Gasteiger partial charge in [-0.3, -0.25) is 0 Å². The number of nitrogens with zero attached hydrogens (tertiary/aromatic N) is 2. The lowest BCUT2D eigenvalue weighted by Gasteiger charge is -1.97. The topological polar surface area (TPSA) is 25.9 Å². The molecule has 0 aliphatic carbocycles. The third kappa shape index (κ3) is 2.96. The van der Waals surface area contributed by atoms with Gasteiger partial charge in [-0.05, 0) is 6.92 Å². The number of rotatable bonds is 4. The van der Waals surface area contributed by atoms with Crippen LogP contribution in [0.25, 0.3) is 11.0 Å². The number of imidazole rings is 1. The minimum absolute atomic E-state index is 0. The maximum Gasteiger partial charge on any atom is 0.254 e. The predicted octanol–water partition coefficient (Wildman–Crippen LogP) is 0.157. The fourth-order valence-electron chi connectivity index (χ4n) is 2.32. The second-order valence-electron chi connectivity index (χ2n) is 4.15. The highest BCUT2D eigenvalue weighted by Crippen LogP contribution is 2.27. The lowest BCUT2D eigenvalue weighted by atomic mass is 10.3. The molecule has 0 fully saturated rings. The quantitative estimate of drug-likeness (QED) is 0.559. The zero-order valence-corrected chi connectivity index (χ0v) is 13.9. The molecule has 104 valence electrons. The smallest absolute Gasteiger partial charge is 0.254 e. The molecule has 6 heteroatoms. The van der Waals surface area contributed by atoms with Gasteiger partial charge in [-0.15, -0.1) is 0 Å². The van der Waals surface area contributed by atoms with E-state index in [1.165, 1.54) is 0 Å². The number of hydrogen-bond donors (Lipinski definition) is 0. The Labute approximate surface area is 132 Å². The highest BCUT2D eigenvalue weighted by molar-refractivity contribution is 6.42. The van der Waals surface area contributed by atoms with E-state index in [2.05, 4.69) is 16.1 Å². The summed E-state index contributed by atoms with van der Waals surface area (Å²) < 4.78 is 4.28. The van der Waals surface area contributed by atoms with Crippen molar-refractivity contribution in [2.24, 2.45) is 0 Å². The molecule has 0 aliphatic rings. The van der Waals surface area contributed by atoms with Gasteiger partial charge in [0.2, 0.25) is 0 Å². The van der Waals surface area contributed by atoms with Crippen molar-refractivity contribution in [3.05, 3.63) is 28.0 Å². The van der Waals surface area contributed by atoms with Crippen LogP contribution in [-0.2, 0) is 17.9 Å². The van der Waals surface area contributed by atoms with Crippen LogP contribution < -0.4 is 21.5 Å². The van der Waals surface area contributed by atoms with Gasteiger partial charge in [0, 0.05) is 25.5 Å². The fraction of sp³-hybridized carbons (Fsp3) is 0.385. The monoisotopic (exact) mass is 364 g/mol. The molecule has 0 bridgehead atoms. The Kier molecular flexibility index (Phi) is 5.83. The summed E-state index contributed by atoms with van der Waals surface area (Å²) in [6, 6.07) is 3.75. The van der Waals surface area contributed by atoms with Gasteiger partial charge in [0.15, 0.2) is 11.0 Å². The van der Waals surface area contributed by atoms with E-state index >= 15 is 0 Å². The van der Waals surface area contributed by atoms with Crippen molar-refractivity contribution in [1.82, 2.24) is 4.57 Å². The molecule has 0 radical (unpaired) electrons. The Morgan fingerprint density at radius 1 is 1.32 bits per heavy atom. The Hall–Kier alpha value is -0.580. The minimum atomic E-state index is 0. The Balaban J connectivity index is 0.00000180. The van der Waals surface area contributed by atoms with Crippen molar-refractivity contribution in [2.75, 3.05) is 0 Å². The zero-order valence-electron chi connectivity index (χ0n) is 10.8. The van der Waals surface area contributed by atoms with E-state index in [4.69, 9.17) is 23.2 Å². The van der Waals surface area contributed by atoms with Gasteiger partial charge in [-0.25, -0.2) is 9.13 Å². The van der Waals surface area contributed by atoms with Crippen molar-refractivity contribution < 1.29 is 26.3 Å². The van der Waals surface area contributed by atoms with Crippen LogP contribution in [0.2, 0.25) is 10.0 Å². The molecule has 0 atom stereocenters. The number of benzene rings is 1. The predicted molar refractivity (Wildman–Crippen MR) is 73.2 cm³/mol. The Morgan fingerprint density at radius 2 is 1.95 bits per heavy atom. The first kappa shape index (κ1) is 16.5. The summed E-state index contributed by atoms with van der Waals surface area (Å²) in [4.78, 5) is 10.6. The molecule has 2 rings (SSSR count). The molecule has 1 heterocycles. The first-order valence-electron chi connectivity index (χ1n) is 5.91. The number of carbonyl (C=O) groups is 1. The third-order valence-corrected chi connectivity index (χ3v) is 3.89. The van der Waals surface area contributed by atoms with Crippen molar-refractivity contribution in [3.63, 3.8) is 0 Å². The molecule has 1 aromatic carbocycles. The van der Waals surface area contributed by atoms with Crippen LogP contribution >= 0.6 is 23.2 Å². The molecule has 0 saturated heterocycles. The lowest BCUT2D eigenvalue weighted by molar-refractivity contribution is -0.677. The van der Waals surface area contributed by atoms with Gasteiger partial charge < -0.3 is 21.8 Å². The first-order valence-corrected chi connectivity index (χ1v) is 6.67. The van der Waals surface area contributed by atoms with Gasteiger partial charge in [0.25, 0.3) is 5.82 Å². The number of aryl methyl sites for hydroxylation is 2. The highest BCUT2D eigenvalue weighted by atomic mass is 79.9. The van der Waals surface area contributed by atoms with Crippen LogP contribution in [0.15, 0.2) is 12.1 Å². The Morgan fingerprint density at radius 3 is 2.53 bits per heavy atom. The molecular weight excluding hydrogens is 351 g/mol. The second kappa shape index (κ2) is 6.73. The maximum atomic E-state index is 10.6. The molecule has 0 spiro atoms. The van der Waals surface area contributed by atoms with E-state index in [9.17, 15) is 4.79 Å².